The van der Waals surface area contributed by atoms with E-state index in [4.69, 9.17) is 4.74 Å². The summed E-state index contributed by atoms with van der Waals surface area (Å²) in [5.74, 6) is -0.217. The van der Waals surface area contributed by atoms with Gasteiger partial charge in [-0.05, 0) is 18.9 Å². The normalized spacial score (nSPS) is 17.8. The van der Waals surface area contributed by atoms with Gasteiger partial charge in [-0.3, -0.25) is 4.79 Å². The van der Waals surface area contributed by atoms with Crippen molar-refractivity contribution in [2.75, 3.05) is 0 Å². The molecule has 2 heteroatoms. The van der Waals surface area contributed by atoms with Crippen molar-refractivity contribution in [3.05, 3.63) is 23.8 Å². The Bertz CT molecular complexity index is 214. The zero-order valence-corrected chi connectivity index (χ0v) is 6.83. The van der Waals surface area contributed by atoms with Crippen LogP contribution in [0.3, 0.4) is 0 Å². The quantitative estimate of drug-likeness (QED) is 0.564. The van der Waals surface area contributed by atoms with Crippen molar-refractivity contribution in [3.63, 3.8) is 0 Å². The number of rotatable bonds is 2. The Morgan fingerprint density at radius 2 is 2.45 bits per heavy atom. The van der Waals surface area contributed by atoms with Crippen molar-refractivity contribution in [2.24, 2.45) is 0 Å². The van der Waals surface area contributed by atoms with E-state index >= 15 is 0 Å². The van der Waals surface area contributed by atoms with Gasteiger partial charge in [0, 0.05) is 6.92 Å². The second kappa shape index (κ2) is 3.37. The number of hydrogen-bond donors (Lipinski definition) is 0. The molecular weight excluding hydrogens is 140 g/mol. The SMILES string of the molecule is CC(=O)O[C@H](C)C1=CC=CC1. The van der Waals surface area contributed by atoms with Crippen LogP contribution in [0, 0.1) is 0 Å². The number of hydrogen-bond acceptors (Lipinski definition) is 2. The van der Waals surface area contributed by atoms with Gasteiger partial charge in [-0.1, -0.05) is 18.2 Å². The summed E-state index contributed by atoms with van der Waals surface area (Å²) in [5.41, 5.74) is 1.17. The van der Waals surface area contributed by atoms with E-state index in [-0.39, 0.29) is 12.1 Å². The molecule has 60 valence electrons. The van der Waals surface area contributed by atoms with Crippen LogP contribution in [0.5, 0.6) is 0 Å². The van der Waals surface area contributed by atoms with Crippen molar-refractivity contribution in [1.29, 1.82) is 0 Å². The lowest BCUT2D eigenvalue weighted by Crippen LogP contribution is -2.13. The summed E-state index contributed by atoms with van der Waals surface area (Å²) in [6.45, 7) is 3.32. The summed E-state index contributed by atoms with van der Waals surface area (Å²) < 4.78 is 4.99. The second-order valence-electron chi connectivity index (χ2n) is 2.63. The summed E-state index contributed by atoms with van der Waals surface area (Å²) in [6, 6.07) is 0. The molecule has 0 spiro atoms. The molecule has 0 radical (unpaired) electrons. The zero-order chi connectivity index (χ0) is 8.27. The zero-order valence-electron chi connectivity index (χ0n) is 6.83. The van der Waals surface area contributed by atoms with Crippen LogP contribution in [0.15, 0.2) is 23.8 Å². The van der Waals surface area contributed by atoms with Gasteiger partial charge < -0.3 is 4.74 Å². The van der Waals surface area contributed by atoms with Crippen LogP contribution in [0.2, 0.25) is 0 Å². The van der Waals surface area contributed by atoms with Gasteiger partial charge >= 0.3 is 5.97 Å². The first-order chi connectivity index (χ1) is 5.20. The molecule has 1 rings (SSSR count). The van der Waals surface area contributed by atoms with E-state index < -0.39 is 0 Å². The average Bonchev–Trinajstić information content (AvgIpc) is 2.35. The molecule has 0 aromatic carbocycles. The molecule has 1 atom stereocenters. The minimum atomic E-state index is -0.217. The molecule has 0 fully saturated rings. The standard InChI is InChI=1S/C9H12O2/c1-7(11-8(2)10)9-5-3-4-6-9/h3-5,7H,6H2,1-2H3/t7-/m1/s1. The fraction of sp³-hybridized carbons (Fsp3) is 0.444. The Morgan fingerprint density at radius 1 is 1.73 bits per heavy atom. The van der Waals surface area contributed by atoms with E-state index in [1.807, 2.05) is 19.1 Å². The topological polar surface area (TPSA) is 26.3 Å². The Labute approximate surface area is 66.5 Å². The van der Waals surface area contributed by atoms with Crippen molar-refractivity contribution >= 4 is 5.97 Å². The summed E-state index contributed by atoms with van der Waals surface area (Å²) in [4.78, 5) is 10.5. The molecule has 0 saturated heterocycles. The minimum Gasteiger partial charge on any atom is -0.458 e. The van der Waals surface area contributed by atoms with Gasteiger partial charge in [-0.2, -0.15) is 0 Å². The Morgan fingerprint density at radius 3 is 2.91 bits per heavy atom. The predicted molar refractivity (Wildman–Crippen MR) is 43.1 cm³/mol. The maximum atomic E-state index is 10.5. The maximum Gasteiger partial charge on any atom is 0.303 e. The van der Waals surface area contributed by atoms with E-state index in [0.29, 0.717) is 0 Å². The van der Waals surface area contributed by atoms with Gasteiger partial charge in [0.15, 0.2) is 0 Å². The van der Waals surface area contributed by atoms with E-state index in [0.717, 1.165) is 6.42 Å². The van der Waals surface area contributed by atoms with E-state index in [1.165, 1.54) is 12.5 Å². The molecule has 0 heterocycles. The monoisotopic (exact) mass is 152 g/mol. The third-order valence-electron chi connectivity index (χ3n) is 1.66. The number of ether oxygens (including phenoxy) is 1. The van der Waals surface area contributed by atoms with Crippen LogP contribution >= 0.6 is 0 Å². The Kier molecular flexibility index (Phi) is 2.47. The molecule has 0 aliphatic heterocycles. The van der Waals surface area contributed by atoms with Crippen LogP contribution in [0.4, 0.5) is 0 Å². The average molecular weight is 152 g/mol. The Hall–Kier alpha value is -1.05. The van der Waals surface area contributed by atoms with E-state index in [9.17, 15) is 4.79 Å². The van der Waals surface area contributed by atoms with Gasteiger partial charge in [-0.15, -0.1) is 0 Å². The molecule has 2 nitrogen and oxygen atoms in total. The third kappa shape index (κ3) is 2.22. The highest BCUT2D eigenvalue weighted by molar-refractivity contribution is 5.66. The molecular formula is C9H12O2. The highest BCUT2D eigenvalue weighted by Gasteiger charge is 2.11. The number of esters is 1. The van der Waals surface area contributed by atoms with Crippen molar-refractivity contribution < 1.29 is 9.53 Å². The van der Waals surface area contributed by atoms with Gasteiger partial charge in [0.1, 0.15) is 6.10 Å². The Balaban J connectivity index is 2.42. The summed E-state index contributed by atoms with van der Waals surface area (Å²) in [5, 5.41) is 0. The fourth-order valence-electron chi connectivity index (χ4n) is 1.09. The molecule has 0 bridgehead atoms. The van der Waals surface area contributed by atoms with Crippen LogP contribution in [0.25, 0.3) is 0 Å². The molecule has 0 amide bonds. The summed E-state index contributed by atoms with van der Waals surface area (Å²) in [7, 11) is 0. The van der Waals surface area contributed by atoms with E-state index in [2.05, 4.69) is 6.08 Å². The van der Waals surface area contributed by atoms with Gasteiger partial charge in [0.25, 0.3) is 0 Å². The molecule has 0 aromatic heterocycles. The van der Waals surface area contributed by atoms with Crippen LogP contribution in [0.1, 0.15) is 20.3 Å². The lowest BCUT2D eigenvalue weighted by atomic mass is 10.1. The van der Waals surface area contributed by atoms with Crippen LogP contribution in [-0.4, -0.2) is 12.1 Å². The molecule has 0 aromatic rings. The number of carbonyl (C=O) groups excluding carboxylic acids is 1. The smallest absolute Gasteiger partial charge is 0.303 e. The molecule has 1 aliphatic carbocycles. The van der Waals surface area contributed by atoms with Crippen molar-refractivity contribution in [1.82, 2.24) is 0 Å². The molecule has 0 N–H and O–H groups in total. The minimum absolute atomic E-state index is 0.0671. The van der Waals surface area contributed by atoms with Crippen molar-refractivity contribution in [2.45, 2.75) is 26.4 Å². The lowest BCUT2D eigenvalue weighted by Gasteiger charge is -2.12. The lowest BCUT2D eigenvalue weighted by molar-refractivity contribution is -0.143. The highest BCUT2D eigenvalue weighted by Crippen LogP contribution is 2.16. The van der Waals surface area contributed by atoms with Gasteiger partial charge in [0.05, 0.1) is 0 Å². The van der Waals surface area contributed by atoms with E-state index in [1.54, 1.807) is 0 Å². The fourth-order valence-corrected chi connectivity index (χ4v) is 1.09. The molecule has 11 heavy (non-hydrogen) atoms. The summed E-state index contributed by atoms with van der Waals surface area (Å²) in [6.07, 6.45) is 6.87. The number of allylic oxidation sites excluding steroid dienone is 3. The van der Waals surface area contributed by atoms with Crippen LogP contribution in [-0.2, 0) is 9.53 Å². The van der Waals surface area contributed by atoms with Crippen molar-refractivity contribution in [3.8, 4) is 0 Å². The molecule has 0 saturated carbocycles. The first-order valence-electron chi connectivity index (χ1n) is 3.73. The largest absolute Gasteiger partial charge is 0.458 e. The predicted octanol–water partition coefficient (Wildman–Crippen LogP) is 1.82. The summed E-state index contributed by atoms with van der Waals surface area (Å²) >= 11 is 0. The first-order valence-corrected chi connectivity index (χ1v) is 3.73. The van der Waals surface area contributed by atoms with Gasteiger partial charge in [0.2, 0.25) is 0 Å². The van der Waals surface area contributed by atoms with Gasteiger partial charge in [-0.25, -0.2) is 0 Å². The highest BCUT2D eigenvalue weighted by atomic mass is 16.5. The molecule has 1 aliphatic rings. The first kappa shape index (κ1) is 8.05. The maximum absolute atomic E-state index is 10.5. The van der Waals surface area contributed by atoms with Crippen LogP contribution < -0.4 is 0 Å². The second-order valence-corrected chi connectivity index (χ2v) is 2.63. The number of carbonyl (C=O) groups is 1. The third-order valence-corrected chi connectivity index (χ3v) is 1.66. The molecule has 0 unspecified atom stereocenters.